The van der Waals surface area contributed by atoms with Gasteiger partial charge in [-0.15, -0.1) is 0 Å². The number of allylic oxidation sites excluding steroid dienone is 1. The van der Waals surface area contributed by atoms with E-state index in [0.29, 0.717) is 22.6 Å². The molecule has 2 aromatic rings. The molecule has 0 bridgehead atoms. The molecule has 30 heavy (non-hydrogen) atoms. The molecule has 1 atom stereocenters. The van der Waals surface area contributed by atoms with Crippen molar-refractivity contribution in [2.45, 2.75) is 53.2 Å². The van der Waals surface area contributed by atoms with Gasteiger partial charge in [-0.05, 0) is 30.4 Å². The first-order valence-corrected chi connectivity index (χ1v) is 9.75. The maximum atomic E-state index is 11.6. The zero-order valence-corrected chi connectivity index (χ0v) is 18.7. The van der Waals surface area contributed by atoms with Crippen molar-refractivity contribution in [1.29, 1.82) is 5.26 Å². The molecule has 0 aliphatic rings. The third-order valence-electron chi connectivity index (χ3n) is 4.85. The summed E-state index contributed by atoms with van der Waals surface area (Å²) in [7, 11) is 1.79. The third-order valence-corrected chi connectivity index (χ3v) is 4.85. The van der Waals surface area contributed by atoms with E-state index in [-0.39, 0.29) is 5.41 Å². The van der Waals surface area contributed by atoms with Crippen molar-refractivity contribution in [3.05, 3.63) is 65.0 Å². The van der Waals surface area contributed by atoms with Crippen molar-refractivity contribution in [3.8, 4) is 6.07 Å². The molecule has 1 unspecified atom stereocenters. The lowest BCUT2D eigenvalue weighted by Crippen LogP contribution is -2.18. The summed E-state index contributed by atoms with van der Waals surface area (Å²) in [6.45, 7) is 15.2. The number of nitrogens with zero attached hydrogens (tertiary/aromatic N) is 3. The Labute approximate surface area is 178 Å². The highest BCUT2D eigenvalue weighted by Gasteiger charge is 2.24. The Kier molecular flexibility index (Phi) is 6.88. The highest BCUT2D eigenvalue weighted by Crippen LogP contribution is 2.32. The van der Waals surface area contributed by atoms with Crippen LogP contribution in [0.5, 0.6) is 0 Å². The number of aryl methyl sites for hydroxylation is 2. The number of carbonyl (C=O) groups is 1. The van der Waals surface area contributed by atoms with Crippen LogP contribution in [0.1, 0.15) is 55.8 Å². The quantitative estimate of drug-likeness (QED) is 0.226. The molecule has 0 amide bonds. The molecule has 6 heteroatoms. The third kappa shape index (κ3) is 4.98. The van der Waals surface area contributed by atoms with Gasteiger partial charge in [-0.3, -0.25) is 4.68 Å². The SMILES string of the molecule is C=CC(=O)OC(C)O/C(=C(/C#N)c1ccc(C(C)(C)C)cc1)c1c(C)c(C)nn1C. The van der Waals surface area contributed by atoms with Crippen molar-refractivity contribution in [2.24, 2.45) is 7.05 Å². The molecule has 0 saturated carbocycles. The van der Waals surface area contributed by atoms with Gasteiger partial charge in [0.15, 0.2) is 5.76 Å². The minimum absolute atomic E-state index is 0.00246. The first-order valence-electron chi connectivity index (χ1n) is 9.75. The van der Waals surface area contributed by atoms with Crippen LogP contribution in [0.2, 0.25) is 0 Å². The van der Waals surface area contributed by atoms with E-state index in [0.717, 1.165) is 22.9 Å². The van der Waals surface area contributed by atoms with Gasteiger partial charge in [0.2, 0.25) is 6.29 Å². The number of aromatic nitrogens is 2. The molecule has 2 rings (SSSR count). The van der Waals surface area contributed by atoms with Crippen LogP contribution in [0.25, 0.3) is 11.3 Å². The predicted octanol–water partition coefficient (Wildman–Crippen LogP) is 4.82. The fourth-order valence-corrected chi connectivity index (χ4v) is 3.10. The average molecular weight is 408 g/mol. The molecule has 0 fully saturated rings. The zero-order valence-electron chi connectivity index (χ0n) is 18.7. The normalized spacial score (nSPS) is 13.1. The van der Waals surface area contributed by atoms with Crippen LogP contribution in [0.4, 0.5) is 0 Å². The molecule has 158 valence electrons. The predicted molar refractivity (Wildman–Crippen MR) is 117 cm³/mol. The van der Waals surface area contributed by atoms with E-state index in [1.807, 2.05) is 38.1 Å². The van der Waals surface area contributed by atoms with Crippen molar-refractivity contribution >= 4 is 17.3 Å². The van der Waals surface area contributed by atoms with E-state index < -0.39 is 12.3 Å². The molecule has 1 aromatic carbocycles. The first kappa shape index (κ1) is 23.0. The molecule has 1 aromatic heterocycles. The van der Waals surface area contributed by atoms with Crippen molar-refractivity contribution < 1.29 is 14.3 Å². The van der Waals surface area contributed by atoms with E-state index in [9.17, 15) is 10.1 Å². The number of carbonyl (C=O) groups excluding carboxylic acids is 1. The molecule has 0 spiro atoms. The van der Waals surface area contributed by atoms with Gasteiger partial charge in [0.25, 0.3) is 0 Å². The van der Waals surface area contributed by atoms with Crippen LogP contribution in [0.3, 0.4) is 0 Å². The van der Waals surface area contributed by atoms with E-state index in [1.165, 1.54) is 0 Å². The fraction of sp³-hybridized carbons (Fsp3) is 0.375. The number of ether oxygens (including phenoxy) is 2. The van der Waals surface area contributed by atoms with Gasteiger partial charge in [0.05, 0.1) is 5.69 Å². The van der Waals surface area contributed by atoms with E-state index in [1.54, 1.807) is 18.7 Å². The Hall–Kier alpha value is -3.33. The van der Waals surface area contributed by atoms with Crippen molar-refractivity contribution in [2.75, 3.05) is 0 Å². The molecule has 6 nitrogen and oxygen atoms in total. The molecular formula is C24H29N3O3. The topological polar surface area (TPSA) is 77.1 Å². The number of benzene rings is 1. The van der Waals surface area contributed by atoms with Gasteiger partial charge in [0.1, 0.15) is 17.3 Å². The van der Waals surface area contributed by atoms with Gasteiger partial charge < -0.3 is 9.47 Å². The van der Waals surface area contributed by atoms with E-state index >= 15 is 0 Å². The minimum atomic E-state index is -0.919. The highest BCUT2D eigenvalue weighted by atomic mass is 16.7. The molecule has 0 aliphatic carbocycles. The smallest absolute Gasteiger partial charge is 0.333 e. The Morgan fingerprint density at radius 2 is 1.83 bits per heavy atom. The van der Waals surface area contributed by atoms with Crippen LogP contribution < -0.4 is 0 Å². The van der Waals surface area contributed by atoms with E-state index in [2.05, 4.69) is 38.5 Å². The van der Waals surface area contributed by atoms with Crippen LogP contribution in [-0.4, -0.2) is 22.0 Å². The maximum absolute atomic E-state index is 11.6. The van der Waals surface area contributed by atoms with Crippen molar-refractivity contribution in [3.63, 3.8) is 0 Å². The molecule has 0 radical (unpaired) electrons. The Balaban J connectivity index is 2.65. The maximum Gasteiger partial charge on any atom is 0.333 e. The molecular weight excluding hydrogens is 378 g/mol. The Bertz CT molecular complexity index is 1020. The van der Waals surface area contributed by atoms with Crippen LogP contribution in [0, 0.1) is 25.2 Å². The number of esters is 1. The standard InChI is InChI=1S/C24H29N3O3/c1-9-21(28)29-17(4)30-23(22-15(2)16(3)26-27(22)8)20(14-25)18-10-12-19(13-11-18)24(5,6)7/h9-13,17H,1H2,2-8H3/b23-20-. The monoisotopic (exact) mass is 407 g/mol. The number of hydrogen-bond donors (Lipinski definition) is 0. The summed E-state index contributed by atoms with van der Waals surface area (Å²) in [6, 6.07) is 10.1. The molecule has 0 saturated heterocycles. The summed E-state index contributed by atoms with van der Waals surface area (Å²) < 4.78 is 12.8. The number of hydrogen-bond acceptors (Lipinski definition) is 5. The van der Waals surface area contributed by atoms with Gasteiger partial charge >= 0.3 is 5.97 Å². The van der Waals surface area contributed by atoms with Gasteiger partial charge in [-0.1, -0.05) is 51.6 Å². The second-order valence-corrected chi connectivity index (χ2v) is 8.15. The number of nitriles is 1. The molecule has 1 heterocycles. The fourth-order valence-electron chi connectivity index (χ4n) is 3.10. The van der Waals surface area contributed by atoms with Crippen LogP contribution >= 0.6 is 0 Å². The summed E-state index contributed by atoms with van der Waals surface area (Å²) in [4.78, 5) is 11.6. The summed E-state index contributed by atoms with van der Waals surface area (Å²) in [5, 5.41) is 14.5. The number of rotatable bonds is 6. The second kappa shape index (κ2) is 9.00. The lowest BCUT2D eigenvalue weighted by molar-refractivity contribution is -0.157. The molecule has 0 N–H and O–H groups in total. The summed E-state index contributed by atoms with van der Waals surface area (Å²) >= 11 is 0. The summed E-state index contributed by atoms with van der Waals surface area (Å²) in [6.07, 6.45) is 0.149. The zero-order chi connectivity index (χ0) is 22.6. The Morgan fingerprint density at radius 3 is 2.27 bits per heavy atom. The average Bonchev–Trinajstić information content (AvgIpc) is 2.92. The summed E-state index contributed by atoms with van der Waals surface area (Å²) in [5.74, 6) is -0.293. The van der Waals surface area contributed by atoms with Gasteiger partial charge in [-0.2, -0.15) is 10.4 Å². The molecule has 0 aliphatic heterocycles. The second-order valence-electron chi connectivity index (χ2n) is 8.15. The van der Waals surface area contributed by atoms with E-state index in [4.69, 9.17) is 9.47 Å². The lowest BCUT2D eigenvalue weighted by atomic mass is 9.86. The lowest BCUT2D eigenvalue weighted by Gasteiger charge is -2.21. The minimum Gasteiger partial charge on any atom is -0.451 e. The largest absolute Gasteiger partial charge is 0.451 e. The van der Waals surface area contributed by atoms with Crippen LogP contribution in [-0.2, 0) is 26.7 Å². The van der Waals surface area contributed by atoms with Crippen LogP contribution in [0.15, 0.2) is 36.9 Å². The van der Waals surface area contributed by atoms with Crippen molar-refractivity contribution in [1.82, 2.24) is 9.78 Å². The van der Waals surface area contributed by atoms with Gasteiger partial charge in [-0.25, -0.2) is 4.79 Å². The highest BCUT2D eigenvalue weighted by molar-refractivity contribution is 5.94. The Morgan fingerprint density at radius 1 is 1.23 bits per heavy atom. The van der Waals surface area contributed by atoms with Gasteiger partial charge in [0, 0.05) is 25.6 Å². The first-order chi connectivity index (χ1) is 14.0. The summed E-state index contributed by atoms with van der Waals surface area (Å²) in [5.41, 5.74) is 4.57.